The Bertz CT molecular complexity index is 1540. The van der Waals surface area contributed by atoms with E-state index < -0.39 is 0 Å². The van der Waals surface area contributed by atoms with Crippen LogP contribution >= 0.6 is 0 Å². The number of fused-ring (bicyclic) bond motifs is 1. The van der Waals surface area contributed by atoms with Gasteiger partial charge in [-0.05, 0) is 50.2 Å². The Hall–Kier alpha value is -4.80. The van der Waals surface area contributed by atoms with Gasteiger partial charge in [-0.2, -0.15) is 15.3 Å². The summed E-state index contributed by atoms with van der Waals surface area (Å²) in [4.78, 5) is 29.5. The fourth-order valence-electron chi connectivity index (χ4n) is 3.79. The molecule has 0 spiro atoms. The standard InChI is InChI=1S/C24H23N9O2/c1-4-32-15(2)18(14-26-32)21-9-11-25-22-13-20(30-33(21)22)24(35)28-17-7-5-16(6-8-17)27-23(34)19-10-12-31(3)29-19/h5-14H,4H2,1-3H3,(H,27,34)(H,28,35). The van der Waals surface area contributed by atoms with Gasteiger partial charge in [0.1, 0.15) is 0 Å². The van der Waals surface area contributed by atoms with E-state index >= 15 is 0 Å². The molecule has 5 aromatic rings. The molecule has 0 bridgehead atoms. The molecule has 0 fully saturated rings. The van der Waals surface area contributed by atoms with Gasteiger partial charge < -0.3 is 10.6 Å². The van der Waals surface area contributed by atoms with Crippen LogP contribution in [-0.2, 0) is 13.6 Å². The Labute approximate surface area is 200 Å². The zero-order valence-electron chi connectivity index (χ0n) is 19.4. The van der Waals surface area contributed by atoms with Gasteiger partial charge >= 0.3 is 0 Å². The summed E-state index contributed by atoms with van der Waals surface area (Å²) in [5.41, 5.74) is 5.01. The molecule has 5 rings (SSSR count). The van der Waals surface area contributed by atoms with Crippen LogP contribution in [0.15, 0.2) is 61.1 Å². The Balaban J connectivity index is 1.32. The van der Waals surface area contributed by atoms with E-state index in [2.05, 4.69) is 30.9 Å². The van der Waals surface area contributed by atoms with Crippen LogP contribution in [0, 0.1) is 6.92 Å². The average molecular weight is 470 g/mol. The number of aryl methyl sites for hydroxylation is 2. The third-order valence-electron chi connectivity index (χ3n) is 5.62. The molecule has 35 heavy (non-hydrogen) atoms. The molecule has 2 amide bonds. The predicted octanol–water partition coefficient (Wildman–Crippen LogP) is 3.16. The van der Waals surface area contributed by atoms with E-state index in [0.717, 1.165) is 23.5 Å². The molecule has 1 aromatic carbocycles. The fraction of sp³-hybridized carbons (Fsp3) is 0.167. The van der Waals surface area contributed by atoms with Gasteiger partial charge in [0, 0.05) is 54.7 Å². The number of aromatic nitrogens is 7. The first-order valence-electron chi connectivity index (χ1n) is 11.0. The normalized spacial score (nSPS) is 11.1. The van der Waals surface area contributed by atoms with Crippen molar-refractivity contribution in [3.8, 4) is 11.3 Å². The van der Waals surface area contributed by atoms with E-state index in [0.29, 0.717) is 22.7 Å². The minimum absolute atomic E-state index is 0.234. The molecule has 2 N–H and O–H groups in total. The van der Waals surface area contributed by atoms with Crippen LogP contribution in [0.1, 0.15) is 33.6 Å². The number of anilines is 2. The summed E-state index contributed by atoms with van der Waals surface area (Å²) in [7, 11) is 1.75. The molecule has 4 aromatic heterocycles. The van der Waals surface area contributed by atoms with Gasteiger partial charge in [-0.25, -0.2) is 9.50 Å². The summed E-state index contributed by atoms with van der Waals surface area (Å²) in [5, 5.41) is 18.6. The van der Waals surface area contributed by atoms with Crippen molar-refractivity contribution in [2.75, 3.05) is 10.6 Å². The summed E-state index contributed by atoms with van der Waals surface area (Å²) in [6.45, 7) is 4.79. The molecule has 11 nitrogen and oxygen atoms in total. The van der Waals surface area contributed by atoms with Crippen molar-refractivity contribution >= 4 is 28.8 Å². The zero-order chi connectivity index (χ0) is 24.5. The number of hydrogen-bond donors (Lipinski definition) is 2. The molecule has 0 radical (unpaired) electrons. The van der Waals surface area contributed by atoms with Crippen LogP contribution in [0.4, 0.5) is 11.4 Å². The summed E-state index contributed by atoms with van der Waals surface area (Å²) in [6, 6.07) is 11.9. The number of nitrogens with zero attached hydrogens (tertiary/aromatic N) is 7. The van der Waals surface area contributed by atoms with Crippen molar-refractivity contribution in [3.63, 3.8) is 0 Å². The van der Waals surface area contributed by atoms with Gasteiger partial charge in [0.05, 0.1) is 11.9 Å². The second kappa shape index (κ2) is 8.86. The number of nitrogens with one attached hydrogen (secondary N) is 2. The molecule has 0 saturated carbocycles. The van der Waals surface area contributed by atoms with Gasteiger partial charge in [0.25, 0.3) is 11.8 Å². The summed E-state index contributed by atoms with van der Waals surface area (Å²) >= 11 is 0. The van der Waals surface area contributed by atoms with Crippen molar-refractivity contribution in [3.05, 3.63) is 78.1 Å². The molecule has 0 aliphatic carbocycles. The van der Waals surface area contributed by atoms with E-state index in [9.17, 15) is 9.59 Å². The number of carbonyl (C=O) groups is 2. The molecular formula is C24H23N9O2. The molecular weight excluding hydrogens is 446 g/mol. The summed E-state index contributed by atoms with van der Waals surface area (Å²) in [5.74, 6) is -0.678. The number of amides is 2. The number of benzene rings is 1. The number of hydrogen-bond acceptors (Lipinski definition) is 6. The Morgan fingerprint density at radius 3 is 2.23 bits per heavy atom. The predicted molar refractivity (Wildman–Crippen MR) is 130 cm³/mol. The van der Waals surface area contributed by atoms with Crippen LogP contribution in [0.2, 0.25) is 0 Å². The second-order valence-electron chi connectivity index (χ2n) is 7.95. The molecule has 0 unspecified atom stereocenters. The first-order valence-corrected chi connectivity index (χ1v) is 11.0. The third kappa shape index (κ3) is 4.26. The molecule has 0 aliphatic rings. The highest BCUT2D eigenvalue weighted by Crippen LogP contribution is 2.24. The minimum atomic E-state index is -0.368. The fourth-order valence-corrected chi connectivity index (χ4v) is 3.79. The van der Waals surface area contributed by atoms with Crippen LogP contribution in [0.5, 0.6) is 0 Å². The molecule has 0 atom stereocenters. The lowest BCUT2D eigenvalue weighted by atomic mass is 10.2. The lowest BCUT2D eigenvalue weighted by Crippen LogP contribution is -2.14. The maximum Gasteiger partial charge on any atom is 0.276 e. The Morgan fingerprint density at radius 1 is 0.943 bits per heavy atom. The van der Waals surface area contributed by atoms with Crippen LogP contribution < -0.4 is 10.6 Å². The lowest BCUT2D eigenvalue weighted by molar-refractivity contribution is 0.101. The highest BCUT2D eigenvalue weighted by Gasteiger charge is 2.17. The third-order valence-corrected chi connectivity index (χ3v) is 5.62. The summed E-state index contributed by atoms with van der Waals surface area (Å²) < 4.78 is 5.11. The molecule has 0 aliphatic heterocycles. The van der Waals surface area contributed by atoms with E-state index in [1.165, 1.54) is 0 Å². The molecule has 4 heterocycles. The zero-order valence-corrected chi connectivity index (χ0v) is 19.4. The maximum absolute atomic E-state index is 12.9. The quantitative estimate of drug-likeness (QED) is 0.394. The smallest absolute Gasteiger partial charge is 0.276 e. The van der Waals surface area contributed by atoms with Crippen molar-refractivity contribution in [1.29, 1.82) is 0 Å². The van der Waals surface area contributed by atoms with Crippen LogP contribution in [0.25, 0.3) is 16.9 Å². The van der Waals surface area contributed by atoms with Crippen LogP contribution in [0.3, 0.4) is 0 Å². The van der Waals surface area contributed by atoms with E-state index in [4.69, 9.17) is 0 Å². The molecule has 11 heteroatoms. The van der Waals surface area contributed by atoms with Crippen molar-refractivity contribution < 1.29 is 9.59 Å². The Kier molecular flexibility index (Phi) is 5.57. The number of carbonyl (C=O) groups excluding carboxylic acids is 2. The topological polar surface area (TPSA) is 124 Å². The first-order chi connectivity index (χ1) is 16.9. The van der Waals surface area contributed by atoms with Gasteiger partial charge in [-0.1, -0.05) is 0 Å². The lowest BCUT2D eigenvalue weighted by Gasteiger charge is -2.06. The maximum atomic E-state index is 12.9. The van der Waals surface area contributed by atoms with Crippen LogP contribution in [-0.4, -0.2) is 46.0 Å². The van der Waals surface area contributed by atoms with Gasteiger partial charge in [0.2, 0.25) is 0 Å². The largest absolute Gasteiger partial charge is 0.321 e. The average Bonchev–Trinajstić information content (AvgIpc) is 3.58. The number of rotatable bonds is 6. The van der Waals surface area contributed by atoms with Gasteiger partial charge in [-0.3, -0.25) is 19.0 Å². The minimum Gasteiger partial charge on any atom is -0.321 e. The molecule has 176 valence electrons. The van der Waals surface area contributed by atoms with Gasteiger partial charge in [-0.15, -0.1) is 0 Å². The summed E-state index contributed by atoms with van der Waals surface area (Å²) in [6.07, 6.45) is 5.18. The molecule has 0 saturated heterocycles. The SMILES string of the molecule is CCn1ncc(-c2ccnc3cc(C(=O)Nc4ccc(NC(=O)c5ccn(C)n5)cc4)nn23)c1C. The highest BCUT2D eigenvalue weighted by atomic mass is 16.2. The van der Waals surface area contributed by atoms with Crippen molar-refractivity contribution in [2.45, 2.75) is 20.4 Å². The van der Waals surface area contributed by atoms with Gasteiger partial charge in [0.15, 0.2) is 17.0 Å². The highest BCUT2D eigenvalue weighted by molar-refractivity contribution is 6.04. The van der Waals surface area contributed by atoms with E-state index in [1.807, 2.05) is 24.6 Å². The Morgan fingerprint density at radius 2 is 1.63 bits per heavy atom. The van der Waals surface area contributed by atoms with E-state index in [-0.39, 0.29) is 17.5 Å². The second-order valence-corrected chi connectivity index (χ2v) is 7.95. The van der Waals surface area contributed by atoms with Crippen molar-refractivity contribution in [1.82, 2.24) is 34.2 Å². The first kappa shape index (κ1) is 22.0. The monoisotopic (exact) mass is 469 g/mol. The van der Waals surface area contributed by atoms with E-state index in [1.54, 1.807) is 71.2 Å². The van der Waals surface area contributed by atoms with Crippen molar-refractivity contribution in [2.24, 2.45) is 7.05 Å².